The third kappa shape index (κ3) is 2.76. The molecule has 130 valence electrons. The Morgan fingerprint density at radius 3 is 3.04 bits per heavy atom. The first-order valence-electron chi connectivity index (χ1n) is 8.74. The van der Waals surface area contributed by atoms with Crippen molar-refractivity contribution in [2.45, 2.75) is 32.2 Å². The van der Waals surface area contributed by atoms with Crippen LogP contribution in [0.2, 0.25) is 0 Å². The molecule has 2 aromatic rings. The topological polar surface area (TPSA) is 75.4 Å². The molecule has 1 N–H and O–H groups in total. The number of aryl methyl sites for hydroxylation is 1. The standard InChI is InChI=1S/C19H21N3O3/c1-12-17-15(23)5-2-6-16(17)25-18(12)19(24)22-9-8-21-11-14(22)13-4-3-7-20-10-13/h3-4,7,10,14,21H,2,5-6,8-9,11H2,1H3. The lowest BCUT2D eigenvalue weighted by molar-refractivity contribution is 0.0598. The van der Waals surface area contributed by atoms with E-state index in [-0.39, 0.29) is 17.7 Å². The van der Waals surface area contributed by atoms with Gasteiger partial charge >= 0.3 is 0 Å². The summed E-state index contributed by atoms with van der Waals surface area (Å²) in [5.74, 6) is 0.932. The van der Waals surface area contributed by atoms with Gasteiger partial charge in [-0.15, -0.1) is 0 Å². The van der Waals surface area contributed by atoms with Gasteiger partial charge in [-0.2, -0.15) is 0 Å². The molecule has 4 rings (SSSR count). The Labute approximate surface area is 146 Å². The third-order valence-electron chi connectivity index (χ3n) is 5.07. The van der Waals surface area contributed by atoms with Crippen LogP contribution in [0, 0.1) is 6.92 Å². The molecule has 0 radical (unpaired) electrons. The predicted molar refractivity (Wildman–Crippen MR) is 91.6 cm³/mol. The molecule has 1 amide bonds. The normalized spacial score (nSPS) is 20.4. The number of nitrogens with zero attached hydrogens (tertiary/aromatic N) is 2. The van der Waals surface area contributed by atoms with Gasteiger partial charge in [-0.25, -0.2) is 0 Å². The number of furan rings is 1. The molecule has 3 heterocycles. The summed E-state index contributed by atoms with van der Waals surface area (Å²) in [5.41, 5.74) is 2.31. The number of hydrogen-bond acceptors (Lipinski definition) is 5. The van der Waals surface area contributed by atoms with E-state index in [1.54, 1.807) is 12.4 Å². The second kappa shape index (κ2) is 6.44. The summed E-state index contributed by atoms with van der Waals surface area (Å²) >= 11 is 0. The van der Waals surface area contributed by atoms with Crippen molar-refractivity contribution in [1.82, 2.24) is 15.2 Å². The van der Waals surface area contributed by atoms with Crippen LogP contribution in [0.15, 0.2) is 28.9 Å². The first kappa shape index (κ1) is 16.0. The van der Waals surface area contributed by atoms with Gasteiger partial charge in [0.25, 0.3) is 5.91 Å². The highest BCUT2D eigenvalue weighted by Crippen LogP contribution is 2.32. The molecule has 2 aliphatic rings. The summed E-state index contributed by atoms with van der Waals surface area (Å²) < 4.78 is 5.86. The van der Waals surface area contributed by atoms with E-state index in [9.17, 15) is 9.59 Å². The minimum absolute atomic E-state index is 0.0886. The van der Waals surface area contributed by atoms with Crippen molar-refractivity contribution in [2.75, 3.05) is 19.6 Å². The summed E-state index contributed by atoms with van der Waals surface area (Å²) in [6.45, 7) is 3.83. The number of carbonyl (C=O) groups excluding carboxylic acids is 2. The summed E-state index contributed by atoms with van der Waals surface area (Å²) in [4.78, 5) is 31.4. The van der Waals surface area contributed by atoms with Crippen molar-refractivity contribution in [3.8, 4) is 0 Å². The Bertz CT molecular complexity index is 813. The zero-order chi connectivity index (χ0) is 17.4. The van der Waals surface area contributed by atoms with E-state index in [4.69, 9.17) is 4.42 Å². The van der Waals surface area contributed by atoms with Crippen molar-refractivity contribution in [3.63, 3.8) is 0 Å². The highest BCUT2D eigenvalue weighted by Gasteiger charge is 2.34. The van der Waals surface area contributed by atoms with Crippen LogP contribution in [0.25, 0.3) is 0 Å². The molecule has 1 unspecified atom stereocenters. The lowest BCUT2D eigenvalue weighted by atomic mass is 9.94. The number of ketones is 1. The van der Waals surface area contributed by atoms with Gasteiger partial charge in [0.2, 0.25) is 0 Å². The summed E-state index contributed by atoms with van der Waals surface area (Å²) in [6.07, 6.45) is 5.57. The van der Waals surface area contributed by atoms with Gasteiger partial charge in [-0.05, 0) is 25.0 Å². The van der Waals surface area contributed by atoms with Crippen molar-refractivity contribution < 1.29 is 14.0 Å². The largest absolute Gasteiger partial charge is 0.455 e. The minimum atomic E-state index is -0.143. The average Bonchev–Trinajstić information content (AvgIpc) is 3.00. The zero-order valence-corrected chi connectivity index (χ0v) is 14.2. The van der Waals surface area contributed by atoms with E-state index < -0.39 is 0 Å². The third-order valence-corrected chi connectivity index (χ3v) is 5.07. The van der Waals surface area contributed by atoms with Gasteiger partial charge in [0, 0.05) is 50.4 Å². The molecule has 1 fully saturated rings. The van der Waals surface area contributed by atoms with Crippen LogP contribution in [0.5, 0.6) is 0 Å². The number of fused-ring (bicyclic) bond motifs is 1. The number of pyridine rings is 1. The lowest BCUT2D eigenvalue weighted by Crippen LogP contribution is -2.48. The maximum atomic E-state index is 13.2. The van der Waals surface area contributed by atoms with Crippen molar-refractivity contribution in [3.05, 3.63) is 52.7 Å². The minimum Gasteiger partial charge on any atom is -0.455 e. The number of rotatable bonds is 2. The van der Waals surface area contributed by atoms with Gasteiger partial charge in [0.15, 0.2) is 11.5 Å². The van der Waals surface area contributed by atoms with Crippen LogP contribution in [0.1, 0.15) is 56.7 Å². The molecule has 0 saturated carbocycles. The fourth-order valence-corrected chi connectivity index (χ4v) is 3.80. The molecule has 1 atom stereocenters. The molecule has 6 nitrogen and oxygen atoms in total. The number of amides is 1. The SMILES string of the molecule is Cc1c(C(=O)N2CCNCC2c2cccnc2)oc2c1C(=O)CCC2. The van der Waals surface area contributed by atoms with Crippen LogP contribution in [0.3, 0.4) is 0 Å². The maximum Gasteiger partial charge on any atom is 0.290 e. The number of nitrogens with one attached hydrogen (secondary N) is 1. The second-order valence-corrected chi connectivity index (χ2v) is 6.64. The van der Waals surface area contributed by atoms with Crippen LogP contribution < -0.4 is 5.32 Å². The van der Waals surface area contributed by atoms with Gasteiger partial charge in [0.1, 0.15) is 5.76 Å². The molecule has 1 aliphatic carbocycles. The van der Waals surface area contributed by atoms with E-state index >= 15 is 0 Å². The second-order valence-electron chi connectivity index (χ2n) is 6.64. The van der Waals surface area contributed by atoms with Crippen molar-refractivity contribution in [2.24, 2.45) is 0 Å². The first-order chi connectivity index (χ1) is 12.2. The Kier molecular flexibility index (Phi) is 4.13. The number of Topliss-reactive ketones (excluding diaryl/α,β-unsaturated/α-hetero) is 1. The molecular weight excluding hydrogens is 318 g/mol. The van der Waals surface area contributed by atoms with Gasteiger partial charge in [-0.1, -0.05) is 6.07 Å². The van der Waals surface area contributed by atoms with Crippen LogP contribution in [-0.2, 0) is 6.42 Å². The first-order valence-corrected chi connectivity index (χ1v) is 8.74. The molecular formula is C19H21N3O3. The molecule has 0 aromatic carbocycles. The molecule has 0 bridgehead atoms. The molecule has 1 saturated heterocycles. The average molecular weight is 339 g/mol. The summed E-state index contributed by atoms with van der Waals surface area (Å²) in [5, 5.41) is 3.33. The molecule has 25 heavy (non-hydrogen) atoms. The number of piperazine rings is 1. The van der Waals surface area contributed by atoms with E-state index in [0.717, 1.165) is 24.9 Å². The van der Waals surface area contributed by atoms with Crippen LogP contribution >= 0.6 is 0 Å². The predicted octanol–water partition coefficient (Wildman–Crippen LogP) is 2.29. The Hall–Kier alpha value is -2.47. The lowest BCUT2D eigenvalue weighted by Gasteiger charge is -2.36. The maximum absolute atomic E-state index is 13.2. The van der Waals surface area contributed by atoms with E-state index in [0.29, 0.717) is 42.2 Å². The smallest absolute Gasteiger partial charge is 0.290 e. The van der Waals surface area contributed by atoms with Crippen LogP contribution in [0.4, 0.5) is 0 Å². The van der Waals surface area contributed by atoms with Gasteiger partial charge in [-0.3, -0.25) is 14.6 Å². The van der Waals surface area contributed by atoms with E-state index in [1.807, 2.05) is 24.0 Å². The van der Waals surface area contributed by atoms with Crippen molar-refractivity contribution >= 4 is 11.7 Å². The van der Waals surface area contributed by atoms with Crippen molar-refractivity contribution in [1.29, 1.82) is 0 Å². The Morgan fingerprint density at radius 2 is 2.28 bits per heavy atom. The summed E-state index contributed by atoms with van der Waals surface area (Å²) in [6, 6.07) is 3.77. The fourth-order valence-electron chi connectivity index (χ4n) is 3.80. The van der Waals surface area contributed by atoms with E-state index in [1.165, 1.54) is 0 Å². The molecule has 0 spiro atoms. The highest BCUT2D eigenvalue weighted by molar-refractivity contribution is 6.03. The molecule has 6 heteroatoms. The van der Waals surface area contributed by atoms with Gasteiger partial charge < -0.3 is 14.6 Å². The van der Waals surface area contributed by atoms with E-state index in [2.05, 4.69) is 10.3 Å². The summed E-state index contributed by atoms with van der Waals surface area (Å²) in [7, 11) is 0. The number of hydrogen-bond donors (Lipinski definition) is 1. The molecule has 1 aliphatic heterocycles. The number of aromatic nitrogens is 1. The fraction of sp³-hybridized carbons (Fsp3) is 0.421. The number of carbonyl (C=O) groups is 2. The highest BCUT2D eigenvalue weighted by atomic mass is 16.4. The Morgan fingerprint density at radius 1 is 1.40 bits per heavy atom. The Balaban J connectivity index is 1.69. The molecule has 2 aromatic heterocycles. The van der Waals surface area contributed by atoms with Crippen LogP contribution in [-0.4, -0.2) is 41.2 Å². The zero-order valence-electron chi connectivity index (χ0n) is 14.2. The van der Waals surface area contributed by atoms with Gasteiger partial charge in [0.05, 0.1) is 11.6 Å². The monoisotopic (exact) mass is 339 g/mol. The quantitative estimate of drug-likeness (QED) is 0.908.